The number of carbonyl (C=O) groups excluding carboxylic acids is 1. The van der Waals surface area contributed by atoms with Gasteiger partial charge in [0, 0.05) is 5.02 Å². The zero-order valence-corrected chi connectivity index (χ0v) is 8.57. The van der Waals surface area contributed by atoms with Gasteiger partial charge in [0.25, 0.3) is 0 Å². The van der Waals surface area contributed by atoms with Crippen LogP contribution in [0.15, 0.2) is 24.3 Å². The molecule has 80 valence electrons. The van der Waals surface area contributed by atoms with E-state index in [1.54, 1.807) is 24.3 Å². The summed E-state index contributed by atoms with van der Waals surface area (Å²) in [5, 5.41) is 12.2. The highest BCUT2D eigenvalue weighted by Crippen LogP contribution is 2.26. The number of carbonyl (C=O) groups is 1. The lowest BCUT2D eigenvalue weighted by atomic mass is 10.0. The third kappa shape index (κ3) is 2.06. The van der Waals surface area contributed by atoms with Gasteiger partial charge >= 0.3 is 6.09 Å². The van der Waals surface area contributed by atoms with E-state index in [-0.39, 0.29) is 6.61 Å². The molecule has 1 saturated heterocycles. The number of hydrogen-bond donors (Lipinski definition) is 2. The molecule has 0 radical (unpaired) electrons. The summed E-state index contributed by atoms with van der Waals surface area (Å²) >= 11 is 5.74. The van der Waals surface area contributed by atoms with Crippen LogP contribution in [0.3, 0.4) is 0 Å². The Hall–Kier alpha value is -1.26. The van der Waals surface area contributed by atoms with Crippen molar-refractivity contribution in [2.45, 2.75) is 12.1 Å². The molecule has 15 heavy (non-hydrogen) atoms. The van der Waals surface area contributed by atoms with E-state index in [2.05, 4.69) is 5.32 Å². The Morgan fingerprint density at radius 2 is 2.07 bits per heavy atom. The highest BCUT2D eigenvalue weighted by molar-refractivity contribution is 6.30. The van der Waals surface area contributed by atoms with E-state index in [1.807, 2.05) is 0 Å². The fourth-order valence-electron chi connectivity index (χ4n) is 1.55. The Bertz CT molecular complexity index is 365. The topological polar surface area (TPSA) is 58.6 Å². The van der Waals surface area contributed by atoms with Crippen LogP contribution < -0.4 is 5.32 Å². The van der Waals surface area contributed by atoms with Crippen molar-refractivity contribution in [2.75, 3.05) is 6.61 Å². The van der Waals surface area contributed by atoms with Crippen molar-refractivity contribution in [1.82, 2.24) is 5.32 Å². The number of amides is 1. The van der Waals surface area contributed by atoms with E-state index in [4.69, 9.17) is 21.4 Å². The van der Waals surface area contributed by atoms with E-state index in [1.165, 1.54) is 0 Å². The number of nitrogens with one attached hydrogen (secondary N) is 1. The molecule has 0 bridgehead atoms. The fourth-order valence-corrected chi connectivity index (χ4v) is 1.68. The molecule has 1 heterocycles. The Labute approximate surface area is 91.8 Å². The monoisotopic (exact) mass is 227 g/mol. The third-order valence-electron chi connectivity index (χ3n) is 2.30. The standard InChI is InChI=1S/C10H10ClNO3/c11-7-3-1-6(2-4-7)9-8(5-13)12-10(14)15-9/h1-4,8-9,13H,5H2,(H,12,14)/t8-,9-/m0/s1. The minimum absolute atomic E-state index is 0.154. The zero-order valence-electron chi connectivity index (χ0n) is 7.81. The maximum Gasteiger partial charge on any atom is 0.408 e. The first kappa shape index (κ1) is 10.3. The van der Waals surface area contributed by atoms with Crippen LogP contribution in [-0.2, 0) is 4.74 Å². The molecule has 2 rings (SSSR count). The quantitative estimate of drug-likeness (QED) is 0.805. The van der Waals surface area contributed by atoms with Gasteiger partial charge in [0.1, 0.15) is 0 Å². The van der Waals surface area contributed by atoms with Crippen LogP contribution in [-0.4, -0.2) is 23.8 Å². The van der Waals surface area contributed by atoms with Crippen molar-refractivity contribution in [3.05, 3.63) is 34.9 Å². The average Bonchev–Trinajstić information content (AvgIpc) is 2.61. The Kier molecular flexibility index (Phi) is 2.79. The van der Waals surface area contributed by atoms with E-state index in [0.29, 0.717) is 5.02 Å². The molecule has 0 aliphatic carbocycles. The maximum atomic E-state index is 11.0. The Balaban J connectivity index is 2.22. The smallest absolute Gasteiger partial charge is 0.408 e. The van der Waals surface area contributed by atoms with E-state index in [0.717, 1.165) is 5.56 Å². The molecule has 1 aliphatic rings. The molecule has 1 amide bonds. The average molecular weight is 228 g/mol. The molecule has 4 nitrogen and oxygen atoms in total. The summed E-state index contributed by atoms with van der Waals surface area (Å²) in [4.78, 5) is 11.0. The van der Waals surface area contributed by atoms with Gasteiger partial charge in [-0.15, -0.1) is 0 Å². The van der Waals surface area contributed by atoms with Gasteiger partial charge in [-0.3, -0.25) is 0 Å². The highest BCUT2D eigenvalue weighted by Gasteiger charge is 2.34. The number of cyclic esters (lactones) is 1. The van der Waals surface area contributed by atoms with Gasteiger partial charge in [0.15, 0.2) is 6.10 Å². The minimum Gasteiger partial charge on any atom is -0.439 e. The van der Waals surface area contributed by atoms with Crippen LogP contribution in [0.2, 0.25) is 5.02 Å². The van der Waals surface area contributed by atoms with Crippen molar-refractivity contribution in [3.8, 4) is 0 Å². The molecular weight excluding hydrogens is 218 g/mol. The van der Waals surface area contributed by atoms with Crippen molar-refractivity contribution in [2.24, 2.45) is 0 Å². The lowest BCUT2D eigenvalue weighted by Gasteiger charge is -2.14. The highest BCUT2D eigenvalue weighted by atomic mass is 35.5. The van der Waals surface area contributed by atoms with Gasteiger partial charge in [0.2, 0.25) is 0 Å². The van der Waals surface area contributed by atoms with Gasteiger partial charge in [-0.05, 0) is 17.7 Å². The van der Waals surface area contributed by atoms with Crippen LogP contribution in [0.25, 0.3) is 0 Å². The predicted molar refractivity (Wildman–Crippen MR) is 54.7 cm³/mol. The van der Waals surface area contributed by atoms with Crippen molar-refractivity contribution in [3.63, 3.8) is 0 Å². The van der Waals surface area contributed by atoms with Crippen molar-refractivity contribution >= 4 is 17.7 Å². The number of benzene rings is 1. The van der Waals surface area contributed by atoms with Gasteiger partial charge in [-0.2, -0.15) is 0 Å². The van der Waals surface area contributed by atoms with E-state index in [9.17, 15) is 4.79 Å². The molecule has 0 spiro atoms. The second kappa shape index (κ2) is 4.08. The summed E-state index contributed by atoms with van der Waals surface area (Å²) in [5.41, 5.74) is 0.816. The minimum atomic E-state index is -0.506. The fraction of sp³-hybridized carbons (Fsp3) is 0.300. The third-order valence-corrected chi connectivity index (χ3v) is 2.55. The molecule has 0 unspecified atom stereocenters. The summed E-state index contributed by atoms with van der Waals surface area (Å²) in [6.07, 6.45) is -0.950. The molecule has 1 aliphatic heterocycles. The summed E-state index contributed by atoms with van der Waals surface area (Å²) in [6, 6.07) is 6.60. The number of aliphatic hydroxyl groups is 1. The van der Waals surface area contributed by atoms with Gasteiger partial charge in [0.05, 0.1) is 12.6 Å². The van der Waals surface area contributed by atoms with E-state index < -0.39 is 18.2 Å². The van der Waals surface area contributed by atoms with Crippen LogP contribution in [0.1, 0.15) is 11.7 Å². The molecule has 1 fully saturated rings. The van der Waals surface area contributed by atoms with Crippen LogP contribution >= 0.6 is 11.6 Å². The Morgan fingerprint density at radius 1 is 1.40 bits per heavy atom. The van der Waals surface area contributed by atoms with Crippen molar-refractivity contribution in [1.29, 1.82) is 0 Å². The molecule has 1 aromatic rings. The SMILES string of the molecule is O=C1N[C@@H](CO)[C@H](c2ccc(Cl)cc2)O1. The van der Waals surface area contributed by atoms with Gasteiger partial charge in [-0.1, -0.05) is 23.7 Å². The molecular formula is C10H10ClNO3. The number of aliphatic hydroxyl groups excluding tert-OH is 1. The molecule has 1 aromatic carbocycles. The molecule has 0 saturated carbocycles. The molecule has 2 atom stereocenters. The summed E-state index contributed by atoms with van der Waals surface area (Å²) in [5.74, 6) is 0. The zero-order chi connectivity index (χ0) is 10.8. The predicted octanol–water partition coefficient (Wildman–Crippen LogP) is 1.48. The van der Waals surface area contributed by atoms with Gasteiger partial charge in [-0.25, -0.2) is 4.79 Å². The second-order valence-corrected chi connectivity index (χ2v) is 3.75. The Morgan fingerprint density at radius 3 is 2.67 bits per heavy atom. The van der Waals surface area contributed by atoms with E-state index >= 15 is 0 Å². The number of hydrogen-bond acceptors (Lipinski definition) is 3. The first-order valence-corrected chi connectivity index (χ1v) is 4.92. The number of rotatable bonds is 2. The number of ether oxygens (including phenoxy) is 1. The summed E-state index contributed by atoms with van der Waals surface area (Å²) < 4.78 is 5.04. The summed E-state index contributed by atoms with van der Waals surface area (Å²) in [7, 11) is 0. The largest absolute Gasteiger partial charge is 0.439 e. The number of alkyl carbamates (subject to hydrolysis) is 1. The van der Waals surface area contributed by atoms with Crippen LogP contribution in [0.4, 0.5) is 4.79 Å². The first-order valence-electron chi connectivity index (χ1n) is 4.54. The lowest BCUT2D eigenvalue weighted by Crippen LogP contribution is -2.31. The van der Waals surface area contributed by atoms with Crippen LogP contribution in [0.5, 0.6) is 0 Å². The normalized spacial score (nSPS) is 24.8. The lowest BCUT2D eigenvalue weighted by molar-refractivity contribution is 0.119. The van der Waals surface area contributed by atoms with Crippen molar-refractivity contribution < 1.29 is 14.6 Å². The summed E-state index contributed by atoms with van der Waals surface area (Å²) in [6.45, 7) is -0.154. The number of halogens is 1. The molecule has 5 heteroatoms. The second-order valence-electron chi connectivity index (χ2n) is 3.31. The maximum absolute atomic E-state index is 11.0. The molecule has 2 N–H and O–H groups in total. The molecule has 0 aromatic heterocycles. The first-order chi connectivity index (χ1) is 7.20. The van der Waals surface area contributed by atoms with Gasteiger partial charge < -0.3 is 15.2 Å². The van der Waals surface area contributed by atoms with Crippen LogP contribution in [0, 0.1) is 0 Å².